The molecule has 0 radical (unpaired) electrons. The highest BCUT2D eigenvalue weighted by Gasteiger charge is 2.20. The molecule has 0 saturated carbocycles. The van der Waals surface area contributed by atoms with Gasteiger partial charge in [0.25, 0.3) is 0 Å². The zero-order valence-electron chi connectivity index (χ0n) is 28.8. The fourth-order valence-corrected chi connectivity index (χ4v) is 5.88. The molecule has 0 bridgehead atoms. The zero-order valence-corrected chi connectivity index (χ0v) is 28.8. The van der Waals surface area contributed by atoms with Gasteiger partial charge in [-0.25, -0.2) is 0 Å². The van der Waals surface area contributed by atoms with E-state index in [-0.39, 0.29) is 25.9 Å². The van der Waals surface area contributed by atoms with Crippen molar-refractivity contribution in [3.8, 4) is 45.6 Å². The van der Waals surface area contributed by atoms with E-state index in [0.717, 1.165) is 75.3 Å². The monoisotopic (exact) mass is 664 g/mol. The molecule has 2 heterocycles. The Morgan fingerprint density at radius 2 is 1.14 bits per heavy atom. The van der Waals surface area contributed by atoms with Crippen LogP contribution in [-0.2, 0) is 4.74 Å². The van der Waals surface area contributed by atoms with Crippen LogP contribution in [0.3, 0.4) is 0 Å². The maximum Gasteiger partial charge on any atom is 0.139 e. The number of furan rings is 2. The first kappa shape index (κ1) is 34.0. The summed E-state index contributed by atoms with van der Waals surface area (Å²) in [4.78, 5) is 0. The van der Waals surface area contributed by atoms with Crippen molar-refractivity contribution in [3.05, 3.63) is 96.1 Å². The van der Waals surface area contributed by atoms with Crippen LogP contribution in [0.2, 0.25) is 0 Å². The summed E-state index contributed by atoms with van der Waals surface area (Å²) in [6.07, 6.45) is 1.93. The second kappa shape index (κ2) is 15.5. The Balaban J connectivity index is 1.17. The van der Waals surface area contributed by atoms with Gasteiger partial charge >= 0.3 is 0 Å². The highest BCUT2D eigenvalue weighted by atomic mass is 16.6. The smallest absolute Gasteiger partial charge is 0.139 e. The molecule has 49 heavy (non-hydrogen) atoms. The first-order chi connectivity index (χ1) is 23.9. The lowest BCUT2D eigenvalue weighted by atomic mass is 10.1. The highest BCUT2D eigenvalue weighted by molar-refractivity contribution is 5.86. The third kappa shape index (κ3) is 8.04. The van der Waals surface area contributed by atoms with Gasteiger partial charge in [0, 0.05) is 22.9 Å². The molecule has 1 unspecified atom stereocenters. The Hall–Kier alpha value is -4.92. The Morgan fingerprint density at radius 1 is 0.633 bits per heavy atom. The molecule has 256 valence electrons. The minimum atomic E-state index is -0.451. The standard InChI is InChI=1S/C41H44O8/c1-6-7-8-32(23-42)47-33(24-45-30-13-11-28-19-40(48-36(28)21-30)34-15-9-26(2)17-38(34)43-4)25-46-31-14-12-29-20-41(49-37(29)22-31)35-16-10-27(3)18-39(35)44-5/h9-22,32-33,42H,6-8,23-25H2,1-5H3. The molecule has 8 nitrogen and oxygen atoms in total. The molecular formula is C41H44O8. The average molecular weight is 665 g/mol. The molecule has 2 aromatic heterocycles. The van der Waals surface area contributed by atoms with Crippen molar-refractivity contribution in [1.82, 2.24) is 0 Å². The number of aryl methyl sites for hydroxylation is 2. The van der Waals surface area contributed by atoms with Crippen molar-refractivity contribution in [2.75, 3.05) is 34.0 Å². The van der Waals surface area contributed by atoms with E-state index in [2.05, 4.69) is 6.92 Å². The van der Waals surface area contributed by atoms with E-state index in [0.29, 0.717) is 22.7 Å². The molecule has 0 amide bonds. The van der Waals surface area contributed by atoms with Gasteiger partial charge in [0.2, 0.25) is 0 Å². The molecule has 6 aromatic rings. The van der Waals surface area contributed by atoms with E-state index in [4.69, 9.17) is 32.5 Å². The van der Waals surface area contributed by atoms with Gasteiger partial charge in [-0.2, -0.15) is 0 Å². The lowest BCUT2D eigenvalue weighted by Gasteiger charge is -2.24. The molecule has 0 spiro atoms. The van der Waals surface area contributed by atoms with Gasteiger partial charge in [0.15, 0.2) is 0 Å². The van der Waals surface area contributed by atoms with Crippen molar-refractivity contribution < 1.29 is 37.6 Å². The van der Waals surface area contributed by atoms with E-state index in [9.17, 15) is 5.11 Å². The Bertz CT molecular complexity index is 1870. The summed E-state index contributed by atoms with van der Waals surface area (Å²) in [6.45, 7) is 6.53. The molecule has 0 aliphatic rings. The number of ether oxygens (including phenoxy) is 5. The number of aliphatic hydroxyl groups excluding tert-OH is 1. The van der Waals surface area contributed by atoms with Gasteiger partial charge in [0.1, 0.15) is 65.0 Å². The van der Waals surface area contributed by atoms with Crippen LogP contribution in [0.5, 0.6) is 23.0 Å². The summed E-state index contributed by atoms with van der Waals surface area (Å²) in [7, 11) is 3.32. The summed E-state index contributed by atoms with van der Waals surface area (Å²) in [5.41, 5.74) is 5.41. The van der Waals surface area contributed by atoms with Crippen molar-refractivity contribution in [3.63, 3.8) is 0 Å². The third-order valence-electron chi connectivity index (χ3n) is 8.57. The van der Waals surface area contributed by atoms with Crippen LogP contribution in [0, 0.1) is 13.8 Å². The number of hydrogen-bond acceptors (Lipinski definition) is 8. The first-order valence-corrected chi connectivity index (χ1v) is 16.8. The average Bonchev–Trinajstić information content (AvgIpc) is 3.74. The molecule has 0 fully saturated rings. The van der Waals surface area contributed by atoms with Gasteiger partial charge in [0.05, 0.1) is 38.1 Å². The molecule has 0 aliphatic heterocycles. The fraction of sp³-hybridized carbons (Fsp3) is 0.317. The van der Waals surface area contributed by atoms with E-state index >= 15 is 0 Å². The third-order valence-corrected chi connectivity index (χ3v) is 8.57. The summed E-state index contributed by atoms with van der Waals surface area (Å²) in [6, 6.07) is 27.6. The molecule has 0 aliphatic carbocycles. The van der Waals surface area contributed by atoms with Crippen molar-refractivity contribution in [1.29, 1.82) is 0 Å². The maximum absolute atomic E-state index is 10.1. The van der Waals surface area contributed by atoms with Crippen LogP contribution < -0.4 is 18.9 Å². The zero-order chi connectivity index (χ0) is 34.3. The number of aliphatic hydroxyl groups is 1. The van der Waals surface area contributed by atoms with E-state index < -0.39 is 6.10 Å². The number of benzene rings is 4. The molecule has 1 atom stereocenters. The van der Waals surface area contributed by atoms with Crippen molar-refractivity contribution in [2.24, 2.45) is 0 Å². The lowest BCUT2D eigenvalue weighted by molar-refractivity contribution is -0.0749. The molecule has 1 N–H and O–H groups in total. The number of fused-ring (bicyclic) bond motifs is 2. The highest BCUT2D eigenvalue weighted by Crippen LogP contribution is 2.37. The number of hydrogen-bond donors (Lipinski definition) is 1. The van der Waals surface area contributed by atoms with Gasteiger partial charge in [-0.3, -0.25) is 0 Å². The van der Waals surface area contributed by atoms with Crippen LogP contribution in [-0.4, -0.2) is 51.4 Å². The van der Waals surface area contributed by atoms with Gasteiger partial charge < -0.3 is 37.6 Å². The van der Waals surface area contributed by atoms with E-state index in [1.807, 2.05) is 98.8 Å². The number of methoxy groups -OCH3 is 2. The molecule has 4 aromatic carbocycles. The largest absolute Gasteiger partial charge is 0.496 e. The number of unbranched alkanes of at least 4 members (excludes halogenated alkanes) is 1. The fourth-order valence-electron chi connectivity index (χ4n) is 5.88. The molecule has 0 saturated heterocycles. The Kier molecular flexibility index (Phi) is 10.8. The lowest BCUT2D eigenvalue weighted by Crippen LogP contribution is -2.34. The van der Waals surface area contributed by atoms with Gasteiger partial charge in [-0.1, -0.05) is 31.9 Å². The van der Waals surface area contributed by atoms with E-state index in [1.165, 1.54) is 0 Å². The summed E-state index contributed by atoms with van der Waals surface area (Å²) < 4.78 is 42.5. The predicted molar refractivity (Wildman–Crippen MR) is 192 cm³/mol. The van der Waals surface area contributed by atoms with Gasteiger partial charge in [-0.05, 0) is 92.1 Å². The maximum atomic E-state index is 10.1. The van der Waals surface area contributed by atoms with Crippen LogP contribution in [0.1, 0.15) is 37.3 Å². The Morgan fingerprint density at radius 3 is 1.59 bits per heavy atom. The SMILES string of the molecule is CCCCC(CO)OC(COc1ccc2cc(-c3ccc(C)cc3OC)oc2c1)COc1ccc2cc(-c3ccc(C)cc3OC)oc2c1. The van der Waals surface area contributed by atoms with Crippen molar-refractivity contribution >= 4 is 21.9 Å². The molecule has 8 heteroatoms. The van der Waals surface area contributed by atoms with Crippen LogP contribution in [0.25, 0.3) is 44.6 Å². The normalized spacial score (nSPS) is 12.1. The van der Waals surface area contributed by atoms with E-state index in [1.54, 1.807) is 14.2 Å². The summed E-state index contributed by atoms with van der Waals surface area (Å²) in [5, 5.41) is 12.0. The van der Waals surface area contributed by atoms with Crippen molar-refractivity contribution in [2.45, 2.75) is 52.2 Å². The van der Waals surface area contributed by atoms with Gasteiger partial charge in [-0.15, -0.1) is 0 Å². The number of rotatable bonds is 16. The first-order valence-electron chi connectivity index (χ1n) is 16.8. The second-order valence-electron chi connectivity index (χ2n) is 12.4. The second-order valence-corrected chi connectivity index (χ2v) is 12.4. The summed E-state index contributed by atoms with van der Waals surface area (Å²) in [5.74, 6) is 4.24. The van der Waals surface area contributed by atoms with Crippen LogP contribution in [0.4, 0.5) is 0 Å². The van der Waals surface area contributed by atoms with Crippen LogP contribution in [0.15, 0.2) is 93.8 Å². The minimum Gasteiger partial charge on any atom is -0.496 e. The summed E-state index contributed by atoms with van der Waals surface area (Å²) >= 11 is 0. The Labute approximate surface area is 287 Å². The minimum absolute atomic E-state index is 0.0797. The molecular weight excluding hydrogens is 620 g/mol. The quantitative estimate of drug-likeness (QED) is 0.109. The molecule has 6 rings (SSSR count). The topological polar surface area (TPSA) is 92.7 Å². The van der Waals surface area contributed by atoms with Crippen LogP contribution >= 0.6 is 0 Å². The predicted octanol–water partition coefficient (Wildman–Crippen LogP) is 9.54.